The lowest BCUT2D eigenvalue weighted by Crippen LogP contribution is -2.43. The Morgan fingerprint density at radius 1 is 1.12 bits per heavy atom. The van der Waals surface area contributed by atoms with Crippen molar-refractivity contribution >= 4 is 30.0 Å². The predicted octanol–water partition coefficient (Wildman–Crippen LogP) is 1.97. The Kier molecular flexibility index (Phi) is 7.01. The van der Waals surface area contributed by atoms with Crippen molar-refractivity contribution in [3.8, 4) is 0 Å². The van der Waals surface area contributed by atoms with E-state index in [2.05, 4.69) is 16.0 Å². The summed E-state index contributed by atoms with van der Waals surface area (Å²) in [4.78, 5) is 26.4. The van der Waals surface area contributed by atoms with Crippen molar-refractivity contribution in [2.75, 3.05) is 31.5 Å². The van der Waals surface area contributed by atoms with Crippen molar-refractivity contribution in [1.82, 2.24) is 15.5 Å². The van der Waals surface area contributed by atoms with Crippen LogP contribution < -0.4 is 16.0 Å². The minimum absolute atomic E-state index is 0. The van der Waals surface area contributed by atoms with Crippen molar-refractivity contribution < 1.29 is 14.0 Å². The lowest BCUT2D eigenvalue weighted by Gasteiger charge is -2.26. The topological polar surface area (TPSA) is 73.5 Å². The Hall–Kier alpha value is -1.86. The fourth-order valence-corrected chi connectivity index (χ4v) is 3.29. The van der Waals surface area contributed by atoms with E-state index in [9.17, 15) is 14.0 Å². The molecule has 3 amide bonds. The highest BCUT2D eigenvalue weighted by atomic mass is 35.5. The lowest BCUT2D eigenvalue weighted by atomic mass is 9.97. The fraction of sp³-hybridized carbons (Fsp3) is 0.529. The summed E-state index contributed by atoms with van der Waals surface area (Å²) in [5.74, 6) is -0.0263. The number of nitrogens with one attached hydrogen (secondary N) is 3. The van der Waals surface area contributed by atoms with Gasteiger partial charge in [-0.1, -0.05) is 0 Å². The first-order valence-corrected chi connectivity index (χ1v) is 8.44. The fourth-order valence-electron chi connectivity index (χ4n) is 3.29. The molecule has 3 N–H and O–H groups in total. The van der Waals surface area contributed by atoms with Crippen LogP contribution in [0.5, 0.6) is 0 Å². The van der Waals surface area contributed by atoms with Crippen LogP contribution in [0.1, 0.15) is 19.3 Å². The monoisotopic (exact) mass is 370 g/mol. The third-order valence-corrected chi connectivity index (χ3v) is 4.63. The first kappa shape index (κ1) is 19.5. The Balaban J connectivity index is 0.00000225. The van der Waals surface area contributed by atoms with E-state index in [0.29, 0.717) is 18.8 Å². The van der Waals surface area contributed by atoms with Gasteiger partial charge in [0.05, 0.1) is 0 Å². The van der Waals surface area contributed by atoms with E-state index in [1.807, 2.05) is 4.90 Å². The number of carbonyl (C=O) groups is 2. The van der Waals surface area contributed by atoms with Gasteiger partial charge in [0.25, 0.3) is 0 Å². The summed E-state index contributed by atoms with van der Waals surface area (Å²) < 4.78 is 12.9. The highest BCUT2D eigenvalue weighted by Crippen LogP contribution is 2.19. The van der Waals surface area contributed by atoms with E-state index in [-0.39, 0.29) is 42.1 Å². The zero-order valence-electron chi connectivity index (χ0n) is 14.0. The number of anilines is 1. The molecule has 138 valence electrons. The van der Waals surface area contributed by atoms with E-state index in [0.717, 1.165) is 32.4 Å². The summed E-state index contributed by atoms with van der Waals surface area (Å²) in [6.07, 6.45) is 2.53. The molecule has 1 aromatic carbocycles. The summed E-state index contributed by atoms with van der Waals surface area (Å²) in [5, 5.41) is 8.82. The van der Waals surface area contributed by atoms with Crippen LogP contribution in [-0.4, -0.2) is 49.1 Å². The molecule has 0 saturated carbocycles. The number of piperidine rings is 1. The normalized spacial score (nSPS) is 20.7. The summed E-state index contributed by atoms with van der Waals surface area (Å²) >= 11 is 0. The van der Waals surface area contributed by atoms with E-state index in [4.69, 9.17) is 0 Å². The molecule has 1 aromatic rings. The number of rotatable bonds is 3. The third kappa shape index (κ3) is 5.31. The van der Waals surface area contributed by atoms with Crippen LogP contribution in [0.3, 0.4) is 0 Å². The first-order valence-electron chi connectivity index (χ1n) is 8.44. The van der Waals surface area contributed by atoms with Gasteiger partial charge >= 0.3 is 6.03 Å². The zero-order chi connectivity index (χ0) is 16.9. The van der Waals surface area contributed by atoms with Crippen molar-refractivity contribution in [3.63, 3.8) is 0 Å². The van der Waals surface area contributed by atoms with Crippen LogP contribution in [-0.2, 0) is 4.79 Å². The first-order chi connectivity index (χ1) is 11.6. The molecule has 25 heavy (non-hydrogen) atoms. The van der Waals surface area contributed by atoms with Crippen molar-refractivity contribution in [3.05, 3.63) is 30.1 Å². The maximum atomic E-state index is 12.9. The van der Waals surface area contributed by atoms with Gasteiger partial charge in [-0.05, 0) is 56.6 Å². The van der Waals surface area contributed by atoms with E-state index < -0.39 is 0 Å². The SMILES string of the molecule is Cl.O=C(Nc1ccc(F)cc1)NC1CCN(C(=O)C2CCNCC2)C1. The molecule has 0 aromatic heterocycles. The average Bonchev–Trinajstić information content (AvgIpc) is 3.05. The van der Waals surface area contributed by atoms with Gasteiger partial charge in [0.1, 0.15) is 5.82 Å². The Labute approximate surface area is 152 Å². The number of urea groups is 1. The molecular weight excluding hydrogens is 347 g/mol. The number of halogens is 2. The van der Waals surface area contributed by atoms with Crippen molar-refractivity contribution in [1.29, 1.82) is 0 Å². The summed E-state index contributed by atoms with van der Waals surface area (Å²) in [5.41, 5.74) is 0.537. The molecular formula is C17H24ClFN4O2. The highest BCUT2D eigenvalue weighted by Gasteiger charge is 2.32. The van der Waals surface area contributed by atoms with Crippen LogP contribution in [0.2, 0.25) is 0 Å². The summed E-state index contributed by atoms with van der Waals surface area (Å²) in [7, 11) is 0. The summed E-state index contributed by atoms with van der Waals surface area (Å²) in [6, 6.07) is 5.24. The quantitative estimate of drug-likeness (QED) is 0.761. The van der Waals surface area contributed by atoms with Crippen molar-refractivity contribution in [2.45, 2.75) is 25.3 Å². The summed E-state index contributed by atoms with van der Waals surface area (Å²) in [6.45, 7) is 3.03. The molecule has 0 spiro atoms. The molecule has 0 bridgehead atoms. The van der Waals surface area contributed by atoms with Gasteiger partial charge in [0, 0.05) is 30.7 Å². The number of hydrogen-bond acceptors (Lipinski definition) is 3. The van der Waals surface area contributed by atoms with Crippen molar-refractivity contribution in [2.24, 2.45) is 5.92 Å². The standard InChI is InChI=1S/C17H23FN4O2.ClH/c18-13-1-3-14(4-2-13)20-17(24)21-15-7-10-22(11-15)16(23)12-5-8-19-9-6-12;/h1-4,12,15,19H,5-11H2,(H2,20,21,24);1H. The average molecular weight is 371 g/mol. The maximum Gasteiger partial charge on any atom is 0.319 e. The van der Waals surface area contributed by atoms with E-state index in [1.54, 1.807) is 0 Å². The van der Waals surface area contributed by atoms with Gasteiger partial charge < -0.3 is 20.9 Å². The minimum atomic E-state index is -0.344. The molecule has 0 radical (unpaired) electrons. The van der Waals surface area contributed by atoms with Gasteiger partial charge in [-0.2, -0.15) is 0 Å². The number of nitrogens with zero attached hydrogens (tertiary/aromatic N) is 1. The molecule has 1 unspecified atom stereocenters. The van der Waals surface area contributed by atoms with E-state index >= 15 is 0 Å². The highest BCUT2D eigenvalue weighted by molar-refractivity contribution is 5.89. The molecule has 2 saturated heterocycles. The molecule has 2 heterocycles. The number of hydrogen-bond donors (Lipinski definition) is 3. The number of amides is 3. The molecule has 1 atom stereocenters. The molecule has 2 fully saturated rings. The Bertz CT molecular complexity index is 593. The molecule has 8 heteroatoms. The second-order valence-corrected chi connectivity index (χ2v) is 6.40. The molecule has 3 rings (SSSR count). The van der Waals surface area contributed by atoms with Gasteiger partial charge in [0.2, 0.25) is 5.91 Å². The van der Waals surface area contributed by atoms with Crippen LogP contribution >= 0.6 is 12.4 Å². The van der Waals surface area contributed by atoms with Gasteiger partial charge in [0.15, 0.2) is 0 Å². The second-order valence-electron chi connectivity index (χ2n) is 6.40. The Morgan fingerprint density at radius 3 is 2.48 bits per heavy atom. The molecule has 2 aliphatic heterocycles. The lowest BCUT2D eigenvalue weighted by molar-refractivity contribution is -0.135. The Morgan fingerprint density at radius 2 is 1.80 bits per heavy atom. The number of carbonyl (C=O) groups excluding carboxylic acids is 2. The molecule has 2 aliphatic rings. The maximum absolute atomic E-state index is 12.9. The van der Waals surface area contributed by atoms with Gasteiger partial charge in [-0.3, -0.25) is 4.79 Å². The largest absolute Gasteiger partial charge is 0.340 e. The molecule has 6 nitrogen and oxygen atoms in total. The second kappa shape index (κ2) is 9.01. The smallest absolute Gasteiger partial charge is 0.319 e. The zero-order valence-corrected chi connectivity index (χ0v) is 14.8. The number of likely N-dealkylation sites (tertiary alicyclic amines) is 1. The van der Waals surface area contributed by atoms with Gasteiger partial charge in [-0.25, -0.2) is 9.18 Å². The van der Waals surface area contributed by atoms with Crippen LogP contribution in [0, 0.1) is 11.7 Å². The van der Waals surface area contributed by atoms with Crippen LogP contribution in [0.4, 0.5) is 14.9 Å². The van der Waals surface area contributed by atoms with Gasteiger partial charge in [-0.15, -0.1) is 12.4 Å². The van der Waals surface area contributed by atoms with E-state index in [1.165, 1.54) is 24.3 Å². The van der Waals surface area contributed by atoms with Crippen LogP contribution in [0.15, 0.2) is 24.3 Å². The minimum Gasteiger partial charge on any atom is -0.340 e. The third-order valence-electron chi connectivity index (χ3n) is 4.63. The van der Waals surface area contributed by atoms with Crippen LogP contribution in [0.25, 0.3) is 0 Å². The molecule has 0 aliphatic carbocycles. The number of benzene rings is 1. The predicted molar refractivity (Wildman–Crippen MR) is 96.4 cm³/mol.